The van der Waals surface area contributed by atoms with Crippen LogP contribution in [-0.2, 0) is 6.54 Å². The molecular formula is C15H16F2N2. The summed E-state index contributed by atoms with van der Waals surface area (Å²) in [6.45, 7) is 2.61. The minimum atomic E-state index is -0.816. The van der Waals surface area contributed by atoms with Crippen LogP contribution < -0.4 is 0 Å². The van der Waals surface area contributed by atoms with Crippen LogP contribution >= 0.6 is 0 Å². The predicted molar refractivity (Wildman–Crippen MR) is 70.5 cm³/mol. The van der Waals surface area contributed by atoms with Crippen molar-refractivity contribution < 1.29 is 8.78 Å². The van der Waals surface area contributed by atoms with Crippen LogP contribution in [-0.4, -0.2) is 16.9 Å². The molecule has 4 heteroatoms. The van der Waals surface area contributed by atoms with Gasteiger partial charge in [0.15, 0.2) is 11.6 Å². The number of hydrogen-bond donors (Lipinski definition) is 0. The number of hydrogen-bond acceptors (Lipinski definition) is 2. The summed E-state index contributed by atoms with van der Waals surface area (Å²) in [5.41, 5.74) is 1.69. The van der Waals surface area contributed by atoms with E-state index in [1.807, 2.05) is 37.1 Å². The summed E-state index contributed by atoms with van der Waals surface area (Å²) in [6, 6.07) is 9.73. The number of aromatic nitrogens is 1. The Hall–Kier alpha value is -1.81. The second kappa shape index (κ2) is 5.89. The fraction of sp³-hybridized carbons (Fsp3) is 0.267. The van der Waals surface area contributed by atoms with Crippen molar-refractivity contribution in [2.45, 2.75) is 19.5 Å². The number of benzene rings is 1. The van der Waals surface area contributed by atoms with Crippen molar-refractivity contribution in [3.05, 3.63) is 65.5 Å². The molecule has 2 aromatic rings. The van der Waals surface area contributed by atoms with Gasteiger partial charge in [0.2, 0.25) is 0 Å². The minimum Gasteiger partial charge on any atom is -0.294 e. The standard InChI is InChI=1S/C15H16F2N2/c1-11(12-6-7-14(16)15(17)9-12)19(2)10-13-5-3-4-8-18-13/h3-9,11H,10H2,1-2H3/t11-/m0/s1. The molecule has 0 aliphatic rings. The highest BCUT2D eigenvalue weighted by Crippen LogP contribution is 2.21. The molecule has 0 saturated carbocycles. The van der Waals surface area contributed by atoms with E-state index in [0.717, 1.165) is 17.3 Å². The molecule has 0 spiro atoms. The van der Waals surface area contributed by atoms with E-state index < -0.39 is 11.6 Å². The summed E-state index contributed by atoms with van der Waals surface area (Å²) in [7, 11) is 1.93. The van der Waals surface area contributed by atoms with Crippen LogP contribution in [0.15, 0.2) is 42.6 Å². The van der Waals surface area contributed by atoms with E-state index in [-0.39, 0.29) is 6.04 Å². The van der Waals surface area contributed by atoms with E-state index in [2.05, 4.69) is 4.98 Å². The van der Waals surface area contributed by atoms with Gasteiger partial charge in [-0.15, -0.1) is 0 Å². The molecule has 0 unspecified atom stereocenters. The van der Waals surface area contributed by atoms with Crippen molar-refractivity contribution in [1.29, 1.82) is 0 Å². The van der Waals surface area contributed by atoms with E-state index in [9.17, 15) is 8.78 Å². The third-order valence-electron chi connectivity index (χ3n) is 3.22. The van der Waals surface area contributed by atoms with Gasteiger partial charge in [0, 0.05) is 18.8 Å². The fourth-order valence-corrected chi connectivity index (χ4v) is 1.91. The lowest BCUT2D eigenvalue weighted by molar-refractivity contribution is 0.249. The van der Waals surface area contributed by atoms with Crippen LogP contribution in [0.2, 0.25) is 0 Å². The molecule has 0 saturated heterocycles. The van der Waals surface area contributed by atoms with Crippen LogP contribution in [0.3, 0.4) is 0 Å². The Morgan fingerprint density at radius 1 is 1.16 bits per heavy atom. The normalized spacial score (nSPS) is 12.7. The first-order valence-electron chi connectivity index (χ1n) is 6.13. The zero-order valence-corrected chi connectivity index (χ0v) is 11.0. The number of halogens is 2. The van der Waals surface area contributed by atoms with Gasteiger partial charge < -0.3 is 0 Å². The van der Waals surface area contributed by atoms with E-state index in [1.54, 1.807) is 12.3 Å². The quantitative estimate of drug-likeness (QED) is 0.837. The maximum atomic E-state index is 13.2. The summed E-state index contributed by atoms with van der Waals surface area (Å²) < 4.78 is 26.1. The molecule has 2 rings (SSSR count). The summed E-state index contributed by atoms with van der Waals surface area (Å²) >= 11 is 0. The van der Waals surface area contributed by atoms with E-state index >= 15 is 0 Å². The third-order valence-corrected chi connectivity index (χ3v) is 3.22. The van der Waals surface area contributed by atoms with E-state index in [4.69, 9.17) is 0 Å². The fourth-order valence-electron chi connectivity index (χ4n) is 1.91. The first kappa shape index (κ1) is 13.6. The Kier molecular flexibility index (Phi) is 4.22. The topological polar surface area (TPSA) is 16.1 Å². The first-order chi connectivity index (χ1) is 9.08. The smallest absolute Gasteiger partial charge is 0.159 e. The molecule has 19 heavy (non-hydrogen) atoms. The molecule has 0 fully saturated rings. The molecular weight excluding hydrogens is 246 g/mol. The lowest BCUT2D eigenvalue weighted by Gasteiger charge is -2.24. The Morgan fingerprint density at radius 3 is 2.58 bits per heavy atom. The van der Waals surface area contributed by atoms with Gasteiger partial charge in [0.1, 0.15) is 0 Å². The van der Waals surface area contributed by atoms with E-state index in [1.165, 1.54) is 6.07 Å². The van der Waals surface area contributed by atoms with E-state index in [0.29, 0.717) is 6.54 Å². The molecule has 1 atom stereocenters. The van der Waals surface area contributed by atoms with Gasteiger partial charge in [-0.25, -0.2) is 8.78 Å². The summed E-state index contributed by atoms with van der Waals surface area (Å²) in [6.07, 6.45) is 1.74. The Bertz CT molecular complexity index is 543. The maximum Gasteiger partial charge on any atom is 0.159 e. The summed E-state index contributed by atoms with van der Waals surface area (Å²) in [5, 5.41) is 0. The SMILES string of the molecule is C[C@@H](c1ccc(F)c(F)c1)N(C)Cc1ccccn1. The predicted octanol–water partition coefficient (Wildman–Crippen LogP) is 3.55. The molecule has 0 aliphatic heterocycles. The van der Waals surface area contributed by atoms with Crippen LogP contribution in [0.5, 0.6) is 0 Å². The highest BCUT2D eigenvalue weighted by atomic mass is 19.2. The summed E-state index contributed by atoms with van der Waals surface area (Å²) in [4.78, 5) is 6.29. The summed E-state index contributed by atoms with van der Waals surface area (Å²) in [5.74, 6) is -1.63. The molecule has 0 radical (unpaired) electrons. The highest BCUT2D eigenvalue weighted by molar-refractivity contribution is 5.21. The Balaban J connectivity index is 2.10. The molecule has 2 nitrogen and oxygen atoms in total. The molecule has 1 aromatic carbocycles. The zero-order valence-electron chi connectivity index (χ0n) is 11.0. The van der Waals surface area contributed by atoms with Crippen molar-refractivity contribution in [1.82, 2.24) is 9.88 Å². The molecule has 0 N–H and O–H groups in total. The molecule has 1 aromatic heterocycles. The Morgan fingerprint density at radius 2 is 1.95 bits per heavy atom. The van der Waals surface area contributed by atoms with Gasteiger partial charge in [-0.3, -0.25) is 9.88 Å². The van der Waals surface area contributed by atoms with Gasteiger partial charge in [-0.05, 0) is 43.8 Å². The van der Waals surface area contributed by atoms with Crippen LogP contribution in [0.1, 0.15) is 24.2 Å². The third kappa shape index (κ3) is 3.35. The number of rotatable bonds is 4. The monoisotopic (exact) mass is 262 g/mol. The Labute approximate surface area is 111 Å². The van der Waals surface area contributed by atoms with Crippen molar-refractivity contribution in [3.63, 3.8) is 0 Å². The van der Waals surface area contributed by atoms with Crippen molar-refractivity contribution >= 4 is 0 Å². The second-order valence-corrected chi connectivity index (χ2v) is 4.59. The maximum absolute atomic E-state index is 13.2. The van der Waals surface area contributed by atoms with Gasteiger partial charge >= 0.3 is 0 Å². The van der Waals surface area contributed by atoms with Crippen LogP contribution in [0.4, 0.5) is 8.78 Å². The molecule has 100 valence electrons. The average Bonchev–Trinajstić information content (AvgIpc) is 2.42. The highest BCUT2D eigenvalue weighted by Gasteiger charge is 2.14. The second-order valence-electron chi connectivity index (χ2n) is 4.59. The lowest BCUT2D eigenvalue weighted by Crippen LogP contribution is -2.22. The van der Waals surface area contributed by atoms with Gasteiger partial charge in [0.05, 0.1) is 5.69 Å². The van der Waals surface area contributed by atoms with Crippen LogP contribution in [0, 0.1) is 11.6 Å². The number of nitrogens with zero attached hydrogens (tertiary/aromatic N) is 2. The lowest BCUT2D eigenvalue weighted by atomic mass is 10.1. The van der Waals surface area contributed by atoms with Gasteiger partial charge in [-0.1, -0.05) is 12.1 Å². The minimum absolute atomic E-state index is 0.0166. The molecule has 0 amide bonds. The van der Waals surface area contributed by atoms with Gasteiger partial charge in [-0.2, -0.15) is 0 Å². The van der Waals surface area contributed by atoms with Crippen molar-refractivity contribution in [2.75, 3.05) is 7.05 Å². The molecule has 0 aliphatic carbocycles. The van der Waals surface area contributed by atoms with Crippen LogP contribution in [0.25, 0.3) is 0 Å². The zero-order chi connectivity index (χ0) is 13.8. The molecule has 1 heterocycles. The average molecular weight is 262 g/mol. The number of pyridine rings is 1. The first-order valence-corrected chi connectivity index (χ1v) is 6.13. The molecule has 0 bridgehead atoms. The van der Waals surface area contributed by atoms with Gasteiger partial charge in [0.25, 0.3) is 0 Å². The van der Waals surface area contributed by atoms with Crippen molar-refractivity contribution in [3.8, 4) is 0 Å². The largest absolute Gasteiger partial charge is 0.294 e. The van der Waals surface area contributed by atoms with Crippen molar-refractivity contribution in [2.24, 2.45) is 0 Å².